The van der Waals surface area contributed by atoms with Gasteiger partial charge in [0.25, 0.3) is 0 Å². The Labute approximate surface area is 115 Å². The second-order valence-corrected chi connectivity index (χ2v) is 6.98. The van der Waals surface area contributed by atoms with Crippen molar-refractivity contribution in [3.8, 4) is 0 Å². The van der Waals surface area contributed by atoms with Crippen molar-refractivity contribution in [3.05, 3.63) is 0 Å². The number of aliphatic hydroxyl groups is 2. The number of nitrogens with one attached hydrogen (secondary N) is 2. The maximum Gasteiger partial charge on any atom is 0.227 e. The van der Waals surface area contributed by atoms with Crippen LogP contribution in [0.5, 0.6) is 0 Å². The molecule has 0 saturated heterocycles. The molecule has 0 atom stereocenters. The third-order valence-electron chi connectivity index (χ3n) is 7.21. The van der Waals surface area contributed by atoms with Crippen LogP contribution in [0.3, 0.4) is 0 Å². The minimum atomic E-state index is -0.159. The SMILES string of the molecule is O=C(NCCO)C12C3C4C1C1C2C3C41C(=O)NCCO. The number of rotatable bonds is 6. The third kappa shape index (κ3) is 0.682. The zero-order valence-corrected chi connectivity index (χ0v) is 11.0. The number of carbonyl (C=O) groups is 2. The van der Waals surface area contributed by atoms with Gasteiger partial charge >= 0.3 is 0 Å². The van der Waals surface area contributed by atoms with E-state index in [1.54, 1.807) is 0 Å². The molecule has 0 aromatic heterocycles. The maximum absolute atomic E-state index is 12.3. The molecule has 0 bridgehead atoms. The van der Waals surface area contributed by atoms with Crippen molar-refractivity contribution in [2.24, 2.45) is 46.3 Å². The molecule has 2 amide bonds. The van der Waals surface area contributed by atoms with Crippen LogP contribution in [-0.2, 0) is 9.59 Å². The van der Waals surface area contributed by atoms with Gasteiger partial charge in [0.2, 0.25) is 11.8 Å². The first-order chi connectivity index (χ1) is 9.69. The monoisotopic (exact) mass is 278 g/mol. The fourth-order valence-corrected chi connectivity index (χ4v) is 7.08. The highest BCUT2D eigenvalue weighted by molar-refractivity contribution is 6.00. The van der Waals surface area contributed by atoms with E-state index in [1.165, 1.54) is 0 Å². The van der Waals surface area contributed by atoms with Crippen molar-refractivity contribution in [2.75, 3.05) is 26.3 Å². The fourth-order valence-electron chi connectivity index (χ4n) is 7.08. The van der Waals surface area contributed by atoms with Gasteiger partial charge in [0.15, 0.2) is 0 Å². The second kappa shape index (κ2) is 3.04. The van der Waals surface area contributed by atoms with E-state index in [9.17, 15) is 9.59 Å². The molecule has 6 aliphatic rings. The lowest BCUT2D eigenvalue weighted by Crippen LogP contribution is -3.12. The Balaban J connectivity index is 1.32. The lowest BCUT2D eigenvalue weighted by molar-refractivity contribution is -0.624. The van der Waals surface area contributed by atoms with Gasteiger partial charge in [-0.1, -0.05) is 0 Å². The normalized spacial score (nSPS) is 57.1. The van der Waals surface area contributed by atoms with Crippen molar-refractivity contribution in [3.63, 3.8) is 0 Å². The van der Waals surface area contributed by atoms with E-state index in [4.69, 9.17) is 10.2 Å². The molecule has 108 valence electrons. The summed E-state index contributed by atoms with van der Waals surface area (Å²) in [5.41, 5.74) is -0.317. The molecule has 0 aromatic rings. The average molecular weight is 278 g/mol. The Hall–Kier alpha value is -1.14. The van der Waals surface area contributed by atoms with Crippen LogP contribution in [0.15, 0.2) is 0 Å². The molecule has 4 N–H and O–H groups in total. The molecule has 6 nitrogen and oxygen atoms in total. The van der Waals surface area contributed by atoms with E-state index in [1.807, 2.05) is 0 Å². The summed E-state index contributed by atoms with van der Waals surface area (Å²) in [6.45, 7) is 0.612. The molecule has 0 aliphatic heterocycles. The summed E-state index contributed by atoms with van der Waals surface area (Å²) in [5.74, 6) is 2.73. The Bertz CT molecular complexity index is 444. The summed E-state index contributed by atoms with van der Waals surface area (Å²) in [5, 5.41) is 23.3. The topological polar surface area (TPSA) is 98.7 Å². The summed E-state index contributed by atoms with van der Waals surface area (Å²) in [7, 11) is 0. The number of carbonyl (C=O) groups excluding carboxylic acids is 2. The van der Waals surface area contributed by atoms with Crippen LogP contribution in [0.2, 0.25) is 0 Å². The molecular weight excluding hydrogens is 260 g/mol. The van der Waals surface area contributed by atoms with Gasteiger partial charge in [-0.2, -0.15) is 0 Å². The van der Waals surface area contributed by atoms with Gasteiger partial charge in [-0.25, -0.2) is 0 Å². The molecule has 6 fully saturated rings. The second-order valence-electron chi connectivity index (χ2n) is 6.98. The van der Waals surface area contributed by atoms with Gasteiger partial charge in [-0.3, -0.25) is 9.59 Å². The predicted molar refractivity (Wildman–Crippen MR) is 66.0 cm³/mol. The largest absolute Gasteiger partial charge is 0.395 e. The lowest BCUT2D eigenvalue weighted by Gasteiger charge is -3.09. The zero-order valence-electron chi connectivity index (χ0n) is 11.0. The van der Waals surface area contributed by atoms with Crippen molar-refractivity contribution in [1.82, 2.24) is 10.6 Å². The van der Waals surface area contributed by atoms with Crippen LogP contribution in [0.25, 0.3) is 0 Å². The third-order valence-corrected chi connectivity index (χ3v) is 7.21. The molecule has 0 unspecified atom stereocenters. The van der Waals surface area contributed by atoms with E-state index in [2.05, 4.69) is 10.6 Å². The Morgan fingerprint density at radius 1 is 0.750 bits per heavy atom. The van der Waals surface area contributed by atoms with E-state index in [-0.39, 0.29) is 35.9 Å². The van der Waals surface area contributed by atoms with Crippen LogP contribution in [0.1, 0.15) is 0 Å². The van der Waals surface area contributed by atoms with Crippen LogP contribution >= 0.6 is 0 Å². The quantitative estimate of drug-likeness (QED) is 0.449. The highest BCUT2D eigenvalue weighted by Crippen LogP contribution is 3.10. The number of amides is 2. The van der Waals surface area contributed by atoms with E-state index in [0.29, 0.717) is 48.6 Å². The van der Waals surface area contributed by atoms with E-state index < -0.39 is 0 Å². The van der Waals surface area contributed by atoms with Crippen molar-refractivity contribution in [2.45, 2.75) is 0 Å². The Morgan fingerprint density at radius 2 is 1.05 bits per heavy atom. The van der Waals surface area contributed by atoms with E-state index >= 15 is 0 Å². The number of aliphatic hydroxyl groups excluding tert-OH is 2. The fraction of sp³-hybridized carbons (Fsp3) is 0.857. The van der Waals surface area contributed by atoms with Crippen molar-refractivity contribution >= 4 is 11.8 Å². The molecule has 0 spiro atoms. The summed E-state index contributed by atoms with van der Waals surface area (Å²) >= 11 is 0. The minimum Gasteiger partial charge on any atom is -0.395 e. The minimum absolute atomic E-state index is 0.0222. The summed E-state index contributed by atoms with van der Waals surface area (Å²) < 4.78 is 0. The summed E-state index contributed by atoms with van der Waals surface area (Å²) in [4.78, 5) is 24.6. The maximum atomic E-state index is 12.3. The zero-order chi connectivity index (χ0) is 13.9. The number of hydrogen-bond acceptors (Lipinski definition) is 4. The van der Waals surface area contributed by atoms with Gasteiger partial charge in [0.1, 0.15) is 0 Å². The first-order valence-electron chi connectivity index (χ1n) is 7.48. The van der Waals surface area contributed by atoms with Crippen LogP contribution in [0, 0.1) is 46.3 Å². The molecule has 0 heterocycles. The predicted octanol–water partition coefficient (Wildman–Crippen LogP) is -2.06. The van der Waals surface area contributed by atoms with Crippen LogP contribution in [0.4, 0.5) is 0 Å². The summed E-state index contributed by atoms with van der Waals surface area (Å²) in [6, 6.07) is 0. The molecule has 6 rings (SSSR count). The van der Waals surface area contributed by atoms with Gasteiger partial charge < -0.3 is 20.8 Å². The Morgan fingerprint density at radius 3 is 1.30 bits per heavy atom. The standard InChI is InChI=1S/C14H18N2O4/c17-3-1-15-11(19)13-5-8-6(13)10-7(13)9(5)14(8,10)12(20)16-2-4-18/h5-10,17-18H,1-4H2,(H,15,19)(H,16,20). The van der Waals surface area contributed by atoms with Crippen molar-refractivity contribution in [1.29, 1.82) is 0 Å². The average Bonchev–Trinajstić information content (AvgIpc) is 2.49. The van der Waals surface area contributed by atoms with Crippen LogP contribution < -0.4 is 10.6 Å². The first kappa shape index (κ1) is 11.5. The molecule has 0 aromatic carbocycles. The summed E-state index contributed by atoms with van der Waals surface area (Å²) in [6.07, 6.45) is 0. The van der Waals surface area contributed by atoms with Gasteiger partial charge in [-0.05, 0) is 35.5 Å². The highest BCUT2D eigenvalue weighted by atomic mass is 16.3. The Kier molecular flexibility index (Phi) is 1.75. The molecule has 6 aliphatic carbocycles. The molecule has 6 heteroatoms. The van der Waals surface area contributed by atoms with E-state index in [0.717, 1.165) is 0 Å². The van der Waals surface area contributed by atoms with Gasteiger partial charge in [-0.15, -0.1) is 0 Å². The first-order valence-corrected chi connectivity index (χ1v) is 7.48. The van der Waals surface area contributed by atoms with Gasteiger partial charge in [0.05, 0.1) is 24.0 Å². The lowest BCUT2D eigenvalue weighted by atomic mass is 8.92. The molecular formula is C14H18N2O4. The molecule has 20 heavy (non-hydrogen) atoms. The number of hydrogen-bond donors (Lipinski definition) is 4. The van der Waals surface area contributed by atoms with Crippen LogP contribution in [-0.4, -0.2) is 48.3 Å². The van der Waals surface area contributed by atoms with Crippen molar-refractivity contribution < 1.29 is 19.8 Å². The smallest absolute Gasteiger partial charge is 0.227 e. The molecule has 6 saturated carbocycles. The highest BCUT2D eigenvalue weighted by Gasteiger charge is 3.12. The molecule has 0 radical (unpaired) electrons. The van der Waals surface area contributed by atoms with Gasteiger partial charge in [0, 0.05) is 13.1 Å².